The van der Waals surface area contributed by atoms with Crippen molar-refractivity contribution in [3.05, 3.63) is 112 Å². The summed E-state index contributed by atoms with van der Waals surface area (Å²) in [5.41, 5.74) is 3.83. The third kappa shape index (κ3) is 9.07. The minimum atomic E-state index is -4.56. The van der Waals surface area contributed by atoms with Crippen LogP contribution in [0, 0.1) is 21.4 Å². The molecule has 9 rings (SSSR count). The second-order valence-corrected chi connectivity index (χ2v) is 21.0. The normalized spacial score (nSPS) is 23.6. The summed E-state index contributed by atoms with van der Waals surface area (Å²) in [6.07, 6.45) is 12.0. The van der Waals surface area contributed by atoms with Gasteiger partial charge in [0.1, 0.15) is 22.8 Å². The molecule has 14 nitrogen and oxygen atoms in total. The highest BCUT2D eigenvalue weighted by molar-refractivity contribution is 7.90. The number of aromatic nitrogens is 2. The first-order chi connectivity index (χ1) is 30.7. The number of H-pyrrole nitrogens is 1. The molecule has 15 heteroatoms. The van der Waals surface area contributed by atoms with Crippen LogP contribution < -0.4 is 19.7 Å². The number of anilines is 2. The molecule has 64 heavy (non-hydrogen) atoms. The number of nitro groups is 1. The standard InChI is InChI=1S/C49H59N7O7S/c1-32(2)38-7-4-5-8-39(38)40-9-6-10-43(40)55-30-49(31-55)20-23-54(24-21-49)35-11-13-41(45(26-35)63-36-25-34-17-22-50-46(34)52-29-36)47(57)53-64(61,62)37-12-14-42(44(27-37)56(59)60)51-28-33-15-18-48(3,58)19-16-33/h4-5,7-8,11-14,17,22,25-27,29,32-33,40,43,51,58H,6,9-10,15-16,18-21,23-24,28,30-31H2,1-3H3,(H,50,52)(H,53,57)/t33?,40-,43-,48?/m1/s1. The smallest absolute Gasteiger partial charge is 0.293 e. The van der Waals surface area contributed by atoms with Gasteiger partial charge in [-0.15, -0.1) is 0 Å². The summed E-state index contributed by atoms with van der Waals surface area (Å²) in [5, 5.41) is 26.4. The van der Waals surface area contributed by atoms with Crippen molar-refractivity contribution < 1.29 is 28.0 Å². The van der Waals surface area contributed by atoms with Crippen molar-refractivity contribution >= 4 is 44.0 Å². The average Bonchev–Trinajstić information content (AvgIpc) is 3.95. The van der Waals surface area contributed by atoms with E-state index in [9.17, 15) is 28.4 Å². The molecule has 4 fully saturated rings. The van der Waals surface area contributed by atoms with Crippen molar-refractivity contribution in [3.8, 4) is 11.5 Å². The number of ether oxygens (including phenoxy) is 1. The third-order valence-corrected chi connectivity index (χ3v) is 15.8. The van der Waals surface area contributed by atoms with Gasteiger partial charge in [0.15, 0.2) is 0 Å². The fourth-order valence-electron chi connectivity index (χ4n) is 10.8. The molecule has 4 N–H and O–H groups in total. The number of aliphatic hydroxyl groups is 1. The maximum Gasteiger partial charge on any atom is 0.293 e. The molecule has 1 spiro atoms. The number of nitro benzene ring substituents is 1. The Bertz CT molecular complexity index is 2640. The van der Waals surface area contributed by atoms with E-state index in [4.69, 9.17) is 4.74 Å². The van der Waals surface area contributed by atoms with Gasteiger partial charge in [0.05, 0.1) is 27.2 Å². The molecule has 0 bridgehead atoms. The first-order valence-electron chi connectivity index (χ1n) is 22.8. The predicted octanol–water partition coefficient (Wildman–Crippen LogP) is 9.10. The zero-order valence-electron chi connectivity index (χ0n) is 36.9. The number of nitrogens with zero attached hydrogens (tertiary/aromatic N) is 4. The lowest BCUT2D eigenvalue weighted by Gasteiger charge is -2.57. The number of sulfonamides is 1. The van der Waals surface area contributed by atoms with Gasteiger partial charge < -0.3 is 25.0 Å². The minimum absolute atomic E-state index is 0.0194. The van der Waals surface area contributed by atoms with E-state index in [0.29, 0.717) is 48.7 Å². The van der Waals surface area contributed by atoms with Gasteiger partial charge in [-0.2, -0.15) is 0 Å². The Balaban J connectivity index is 0.895. The summed E-state index contributed by atoms with van der Waals surface area (Å²) in [6.45, 7) is 10.7. The highest BCUT2D eigenvalue weighted by atomic mass is 32.2. The zero-order valence-corrected chi connectivity index (χ0v) is 37.7. The lowest BCUT2D eigenvalue weighted by molar-refractivity contribution is -0.384. The maximum absolute atomic E-state index is 14.0. The van der Waals surface area contributed by atoms with Gasteiger partial charge in [-0.1, -0.05) is 44.5 Å². The summed E-state index contributed by atoms with van der Waals surface area (Å²) in [4.78, 5) is 37.6. The van der Waals surface area contributed by atoms with Crippen molar-refractivity contribution in [3.63, 3.8) is 0 Å². The molecule has 338 valence electrons. The second-order valence-electron chi connectivity index (χ2n) is 19.3. The number of nitrogens with one attached hydrogen (secondary N) is 3. The molecule has 2 aromatic heterocycles. The first-order valence-corrected chi connectivity index (χ1v) is 24.3. The molecular formula is C49H59N7O7S. The van der Waals surface area contributed by atoms with Crippen LogP contribution >= 0.6 is 0 Å². The maximum atomic E-state index is 14.0. The van der Waals surface area contributed by atoms with Crippen LogP contribution in [0.3, 0.4) is 0 Å². The lowest BCUT2D eigenvalue weighted by atomic mass is 9.70. The summed E-state index contributed by atoms with van der Waals surface area (Å²) < 4.78 is 36.0. The van der Waals surface area contributed by atoms with E-state index >= 15 is 0 Å². The topological polar surface area (TPSA) is 183 Å². The van der Waals surface area contributed by atoms with E-state index in [-0.39, 0.29) is 28.3 Å². The van der Waals surface area contributed by atoms with Crippen LogP contribution in [0.2, 0.25) is 0 Å². The van der Waals surface area contributed by atoms with Crippen molar-refractivity contribution in [1.82, 2.24) is 19.6 Å². The number of carbonyl (C=O) groups is 1. The van der Waals surface area contributed by atoms with Crippen LogP contribution in [0.1, 0.15) is 112 Å². The van der Waals surface area contributed by atoms with Gasteiger partial charge in [-0.05, 0) is 129 Å². The summed E-state index contributed by atoms with van der Waals surface area (Å²) in [7, 11) is -4.56. The number of likely N-dealkylation sites (tertiary alicyclic amines) is 1. The van der Waals surface area contributed by atoms with Crippen molar-refractivity contribution in [2.75, 3.05) is 42.9 Å². The Hall–Kier alpha value is -5.51. The number of rotatable bonds is 13. The molecule has 0 unspecified atom stereocenters. The van der Waals surface area contributed by atoms with Crippen LogP contribution in [0.5, 0.6) is 11.5 Å². The Kier molecular flexibility index (Phi) is 11.9. The summed E-state index contributed by atoms with van der Waals surface area (Å²) in [5.74, 6) is 0.866. The van der Waals surface area contributed by atoms with E-state index in [2.05, 4.69) is 67.9 Å². The van der Waals surface area contributed by atoms with E-state index < -0.39 is 37.0 Å². The largest absolute Gasteiger partial charge is 0.455 e. The zero-order chi connectivity index (χ0) is 44.8. The van der Waals surface area contributed by atoms with Gasteiger partial charge in [-0.25, -0.2) is 18.1 Å². The van der Waals surface area contributed by atoms with Gasteiger partial charge in [0.25, 0.3) is 21.6 Å². The van der Waals surface area contributed by atoms with Crippen LogP contribution in [0.15, 0.2) is 90.1 Å². The molecule has 2 saturated carbocycles. The summed E-state index contributed by atoms with van der Waals surface area (Å²) >= 11 is 0. The highest BCUT2D eigenvalue weighted by Crippen LogP contribution is 2.49. The third-order valence-electron chi connectivity index (χ3n) is 14.5. The molecule has 2 aliphatic carbocycles. The lowest BCUT2D eigenvalue weighted by Crippen LogP contribution is -2.63. The number of hydrogen-bond acceptors (Lipinski definition) is 11. The molecule has 4 aliphatic rings. The fraction of sp³-hybridized carbons (Fsp3) is 0.469. The fourth-order valence-corrected chi connectivity index (χ4v) is 11.8. The quantitative estimate of drug-likeness (QED) is 0.0654. The van der Waals surface area contributed by atoms with E-state index in [1.54, 1.807) is 30.6 Å². The molecule has 5 aromatic rings. The molecule has 4 heterocycles. The van der Waals surface area contributed by atoms with Crippen LogP contribution in [-0.4, -0.2) is 83.6 Å². The number of benzene rings is 3. The molecule has 1 amide bonds. The van der Waals surface area contributed by atoms with Crippen LogP contribution in [0.4, 0.5) is 17.1 Å². The van der Waals surface area contributed by atoms with Crippen molar-refractivity contribution in [1.29, 1.82) is 0 Å². The highest BCUT2D eigenvalue weighted by Gasteiger charge is 2.49. The number of fused-ring (bicyclic) bond motifs is 1. The molecule has 2 aliphatic heterocycles. The molecule has 2 saturated heterocycles. The number of hydrogen-bond donors (Lipinski definition) is 4. The minimum Gasteiger partial charge on any atom is -0.455 e. The molecule has 2 atom stereocenters. The summed E-state index contributed by atoms with van der Waals surface area (Å²) in [6, 6.07) is 22.0. The number of pyridine rings is 1. The monoisotopic (exact) mass is 889 g/mol. The average molecular weight is 890 g/mol. The SMILES string of the molecule is CC(C)c1ccccc1[C@H]1CCC[C@H]1N1CC2(CCN(c3ccc(C(=O)NS(=O)(=O)c4ccc(NCC5CCC(C)(O)CC5)c([N+](=O)[O-])c4)c(Oc4cnc5[nH]ccc5c4)c3)CC2)C1. The number of amides is 1. The number of carbonyl (C=O) groups excluding carboxylic acids is 1. The predicted molar refractivity (Wildman–Crippen MR) is 248 cm³/mol. The Morgan fingerprint density at radius 1 is 1.00 bits per heavy atom. The van der Waals surface area contributed by atoms with E-state index in [1.165, 1.54) is 42.5 Å². The second kappa shape index (κ2) is 17.5. The Labute approximate surface area is 375 Å². The molecule has 0 radical (unpaired) electrons. The number of piperidine rings is 1. The number of aromatic amines is 1. The van der Waals surface area contributed by atoms with Crippen molar-refractivity contribution in [2.45, 2.75) is 107 Å². The van der Waals surface area contributed by atoms with E-state index in [0.717, 1.165) is 69.0 Å². The van der Waals surface area contributed by atoms with Gasteiger partial charge in [0, 0.05) is 68.2 Å². The van der Waals surface area contributed by atoms with Crippen LogP contribution in [-0.2, 0) is 10.0 Å². The Morgan fingerprint density at radius 3 is 2.52 bits per heavy atom. The first kappa shape index (κ1) is 43.7. The van der Waals surface area contributed by atoms with Gasteiger partial charge >= 0.3 is 0 Å². The molecule has 3 aromatic carbocycles. The van der Waals surface area contributed by atoms with Crippen LogP contribution in [0.25, 0.3) is 11.0 Å². The van der Waals surface area contributed by atoms with Crippen molar-refractivity contribution in [2.24, 2.45) is 11.3 Å². The van der Waals surface area contributed by atoms with Gasteiger partial charge in [-0.3, -0.25) is 19.8 Å². The molecular weight excluding hydrogens is 831 g/mol. The van der Waals surface area contributed by atoms with Gasteiger partial charge in [0.2, 0.25) is 0 Å². The van der Waals surface area contributed by atoms with E-state index in [1.807, 2.05) is 19.1 Å². The Morgan fingerprint density at radius 2 is 1.77 bits per heavy atom.